The highest BCUT2D eigenvalue weighted by molar-refractivity contribution is 7.89. The van der Waals surface area contributed by atoms with E-state index in [1.54, 1.807) is 37.4 Å². The van der Waals surface area contributed by atoms with Crippen LogP contribution in [-0.4, -0.2) is 25.9 Å². The fourth-order valence-electron chi connectivity index (χ4n) is 1.99. The number of sulfonamides is 1. The van der Waals surface area contributed by atoms with Gasteiger partial charge in [0.2, 0.25) is 15.9 Å². The molecule has 0 spiro atoms. The van der Waals surface area contributed by atoms with Gasteiger partial charge in [0.15, 0.2) is 0 Å². The molecule has 0 bridgehead atoms. The van der Waals surface area contributed by atoms with Crippen molar-refractivity contribution < 1.29 is 13.2 Å². The van der Waals surface area contributed by atoms with E-state index in [0.29, 0.717) is 11.3 Å². The Hall–Kier alpha value is -2.25. The van der Waals surface area contributed by atoms with Crippen LogP contribution in [0.3, 0.4) is 0 Å². The summed E-state index contributed by atoms with van der Waals surface area (Å²) < 4.78 is 26.9. The highest BCUT2D eigenvalue weighted by Crippen LogP contribution is 2.16. The van der Waals surface area contributed by atoms with Crippen LogP contribution in [0.5, 0.6) is 0 Å². The van der Waals surface area contributed by atoms with Crippen LogP contribution in [0.2, 0.25) is 0 Å². The SMILES string of the molecule is Cc1ccc(C)c(S(=O)(=O)NCC(=O)NCc2ccccn2)c1. The van der Waals surface area contributed by atoms with Crippen molar-refractivity contribution in [1.82, 2.24) is 15.0 Å². The molecule has 6 nitrogen and oxygen atoms in total. The summed E-state index contributed by atoms with van der Waals surface area (Å²) in [5.74, 6) is -0.412. The molecule has 1 aromatic carbocycles. The lowest BCUT2D eigenvalue weighted by atomic mass is 10.2. The molecule has 2 aromatic rings. The van der Waals surface area contributed by atoms with Crippen molar-refractivity contribution >= 4 is 15.9 Å². The predicted molar refractivity (Wildman–Crippen MR) is 87.2 cm³/mol. The van der Waals surface area contributed by atoms with Gasteiger partial charge in [0, 0.05) is 6.20 Å². The first-order valence-corrected chi connectivity index (χ1v) is 8.60. The predicted octanol–water partition coefficient (Wildman–Crippen LogP) is 1.29. The minimum Gasteiger partial charge on any atom is -0.349 e. The number of aryl methyl sites for hydroxylation is 2. The van der Waals surface area contributed by atoms with E-state index in [0.717, 1.165) is 5.56 Å². The van der Waals surface area contributed by atoms with Gasteiger partial charge in [0.1, 0.15) is 0 Å². The van der Waals surface area contributed by atoms with E-state index in [9.17, 15) is 13.2 Å². The normalized spacial score (nSPS) is 11.2. The highest BCUT2D eigenvalue weighted by atomic mass is 32.2. The maximum atomic E-state index is 12.3. The summed E-state index contributed by atoms with van der Waals surface area (Å²) in [4.78, 5) is 16.0. The number of aromatic nitrogens is 1. The third-order valence-corrected chi connectivity index (χ3v) is 4.79. The Morgan fingerprint density at radius 3 is 2.65 bits per heavy atom. The fourth-order valence-corrected chi connectivity index (χ4v) is 3.30. The Bertz CT molecular complexity index is 789. The molecule has 122 valence electrons. The van der Waals surface area contributed by atoms with Gasteiger partial charge in [-0.05, 0) is 43.2 Å². The number of nitrogens with zero attached hydrogens (tertiary/aromatic N) is 1. The maximum Gasteiger partial charge on any atom is 0.241 e. The van der Waals surface area contributed by atoms with Crippen molar-refractivity contribution in [2.75, 3.05) is 6.54 Å². The van der Waals surface area contributed by atoms with Gasteiger partial charge in [-0.2, -0.15) is 0 Å². The lowest BCUT2D eigenvalue weighted by Gasteiger charge is -2.10. The number of pyridine rings is 1. The molecule has 23 heavy (non-hydrogen) atoms. The number of nitrogens with one attached hydrogen (secondary N) is 2. The largest absolute Gasteiger partial charge is 0.349 e. The first-order chi connectivity index (χ1) is 10.9. The molecule has 0 saturated heterocycles. The van der Waals surface area contributed by atoms with E-state index in [1.807, 2.05) is 19.1 Å². The summed E-state index contributed by atoms with van der Waals surface area (Å²) in [6.07, 6.45) is 1.63. The number of amides is 1. The molecule has 0 aliphatic heterocycles. The summed E-state index contributed by atoms with van der Waals surface area (Å²) in [5, 5.41) is 2.62. The monoisotopic (exact) mass is 333 g/mol. The number of carbonyl (C=O) groups excluding carboxylic acids is 1. The van der Waals surface area contributed by atoms with E-state index in [1.165, 1.54) is 0 Å². The van der Waals surface area contributed by atoms with Crippen molar-refractivity contribution in [2.45, 2.75) is 25.3 Å². The minimum atomic E-state index is -3.72. The average Bonchev–Trinajstić information content (AvgIpc) is 2.54. The number of hydrogen-bond donors (Lipinski definition) is 2. The van der Waals surface area contributed by atoms with Gasteiger partial charge in [-0.15, -0.1) is 0 Å². The Balaban J connectivity index is 1.94. The van der Waals surface area contributed by atoms with Crippen molar-refractivity contribution in [3.8, 4) is 0 Å². The van der Waals surface area contributed by atoms with E-state index in [-0.39, 0.29) is 18.0 Å². The number of benzene rings is 1. The van der Waals surface area contributed by atoms with Gasteiger partial charge >= 0.3 is 0 Å². The van der Waals surface area contributed by atoms with Crippen molar-refractivity contribution in [1.29, 1.82) is 0 Å². The molecule has 1 heterocycles. The Labute approximate surface area is 136 Å². The summed E-state index contributed by atoms with van der Waals surface area (Å²) in [6, 6.07) is 10.5. The lowest BCUT2D eigenvalue weighted by Crippen LogP contribution is -2.37. The lowest BCUT2D eigenvalue weighted by molar-refractivity contribution is -0.120. The molecular weight excluding hydrogens is 314 g/mol. The Morgan fingerprint density at radius 1 is 1.17 bits per heavy atom. The second-order valence-electron chi connectivity index (χ2n) is 5.19. The van der Waals surface area contributed by atoms with Crippen LogP contribution < -0.4 is 10.0 Å². The third kappa shape index (κ3) is 4.87. The smallest absolute Gasteiger partial charge is 0.241 e. The molecule has 0 unspecified atom stereocenters. The second kappa shape index (κ2) is 7.34. The van der Waals surface area contributed by atoms with Gasteiger partial charge in [0.25, 0.3) is 0 Å². The topological polar surface area (TPSA) is 88.2 Å². The van der Waals surface area contributed by atoms with Crippen LogP contribution in [0, 0.1) is 13.8 Å². The van der Waals surface area contributed by atoms with Crippen molar-refractivity contribution in [3.05, 3.63) is 59.4 Å². The molecule has 0 atom stereocenters. The standard InChI is InChI=1S/C16H19N3O3S/c1-12-6-7-13(2)15(9-12)23(21,22)19-11-16(20)18-10-14-5-3-4-8-17-14/h3-9,19H,10-11H2,1-2H3,(H,18,20). The van der Waals surface area contributed by atoms with Crippen LogP contribution in [0.15, 0.2) is 47.5 Å². The van der Waals surface area contributed by atoms with Crippen LogP contribution in [0.1, 0.15) is 16.8 Å². The first kappa shape index (κ1) is 17.1. The summed E-state index contributed by atoms with van der Waals surface area (Å²) in [7, 11) is -3.72. The van der Waals surface area contributed by atoms with E-state index in [2.05, 4.69) is 15.0 Å². The highest BCUT2D eigenvalue weighted by Gasteiger charge is 2.18. The van der Waals surface area contributed by atoms with Crippen LogP contribution in [-0.2, 0) is 21.4 Å². The summed E-state index contributed by atoms with van der Waals surface area (Å²) in [5.41, 5.74) is 2.19. The molecule has 2 rings (SSSR count). The van der Waals surface area contributed by atoms with Gasteiger partial charge in [-0.1, -0.05) is 18.2 Å². The maximum absolute atomic E-state index is 12.3. The van der Waals surface area contributed by atoms with Gasteiger partial charge in [-0.3, -0.25) is 9.78 Å². The molecule has 0 saturated carbocycles. The quantitative estimate of drug-likeness (QED) is 0.834. The number of rotatable bonds is 6. The van der Waals surface area contributed by atoms with Crippen LogP contribution in [0.4, 0.5) is 0 Å². The molecule has 7 heteroatoms. The van der Waals surface area contributed by atoms with Gasteiger partial charge in [-0.25, -0.2) is 13.1 Å². The zero-order chi connectivity index (χ0) is 16.9. The number of carbonyl (C=O) groups is 1. The zero-order valence-electron chi connectivity index (χ0n) is 13.0. The molecule has 1 aromatic heterocycles. The zero-order valence-corrected chi connectivity index (χ0v) is 13.9. The molecule has 0 aliphatic carbocycles. The van der Waals surface area contributed by atoms with Crippen LogP contribution in [0.25, 0.3) is 0 Å². The van der Waals surface area contributed by atoms with Crippen molar-refractivity contribution in [3.63, 3.8) is 0 Å². The van der Waals surface area contributed by atoms with Crippen LogP contribution >= 0.6 is 0 Å². The van der Waals surface area contributed by atoms with Gasteiger partial charge in [0.05, 0.1) is 23.7 Å². The Morgan fingerprint density at radius 2 is 1.96 bits per heavy atom. The molecule has 0 radical (unpaired) electrons. The van der Waals surface area contributed by atoms with E-state index < -0.39 is 15.9 Å². The van der Waals surface area contributed by atoms with Gasteiger partial charge < -0.3 is 5.32 Å². The summed E-state index contributed by atoms with van der Waals surface area (Å²) in [6.45, 7) is 3.47. The molecule has 0 fully saturated rings. The third-order valence-electron chi connectivity index (χ3n) is 3.25. The number of hydrogen-bond acceptors (Lipinski definition) is 4. The first-order valence-electron chi connectivity index (χ1n) is 7.12. The minimum absolute atomic E-state index is 0.190. The molecule has 1 amide bonds. The molecule has 2 N–H and O–H groups in total. The average molecular weight is 333 g/mol. The van der Waals surface area contributed by atoms with Crippen molar-refractivity contribution in [2.24, 2.45) is 0 Å². The molecular formula is C16H19N3O3S. The van der Waals surface area contributed by atoms with E-state index >= 15 is 0 Å². The fraction of sp³-hybridized carbons (Fsp3) is 0.250. The Kier molecular flexibility index (Phi) is 5.46. The second-order valence-corrected chi connectivity index (χ2v) is 6.93. The van der Waals surface area contributed by atoms with E-state index in [4.69, 9.17) is 0 Å². The molecule has 0 aliphatic rings. The summed E-state index contributed by atoms with van der Waals surface area (Å²) >= 11 is 0.